The van der Waals surface area contributed by atoms with E-state index in [9.17, 15) is 4.79 Å². The van der Waals surface area contributed by atoms with Gasteiger partial charge in [-0.3, -0.25) is 10.0 Å². The van der Waals surface area contributed by atoms with Gasteiger partial charge < -0.3 is 0 Å². The van der Waals surface area contributed by atoms with Gasteiger partial charge in [-0.2, -0.15) is 0 Å². The van der Waals surface area contributed by atoms with Gasteiger partial charge in [0.15, 0.2) is 0 Å². The quantitative estimate of drug-likeness (QED) is 0.0963. The van der Waals surface area contributed by atoms with Crippen molar-refractivity contribution in [1.82, 2.24) is 5.48 Å². The van der Waals surface area contributed by atoms with Crippen LogP contribution in [-0.4, -0.2) is 15.5 Å². The Kier molecular flexibility index (Phi) is 19.3. The standard InChI is InChI=1S/C18H36INO2/c19-17-15-13-11-9-7-5-3-1-2-4-6-8-10-12-14-16-18(21)20-22/h22H,1-17H2,(H,20,21). The number of rotatable bonds is 17. The second-order valence-electron chi connectivity index (χ2n) is 6.28. The molecule has 22 heavy (non-hydrogen) atoms. The number of unbranched alkanes of at least 4 members (excludes halogenated alkanes) is 14. The molecule has 0 fully saturated rings. The minimum absolute atomic E-state index is 0.259. The van der Waals surface area contributed by atoms with E-state index < -0.39 is 0 Å². The van der Waals surface area contributed by atoms with Crippen LogP contribution in [0.3, 0.4) is 0 Å². The van der Waals surface area contributed by atoms with E-state index in [0.717, 1.165) is 12.8 Å². The molecule has 4 heteroatoms. The van der Waals surface area contributed by atoms with Crippen LogP contribution in [-0.2, 0) is 4.79 Å². The molecule has 0 unspecified atom stereocenters. The summed E-state index contributed by atoms with van der Waals surface area (Å²) >= 11 is 2.47. The molecule has 132 valence electrons. The first-order valence-corrected chi connectivity index (χ1v) is 10.8. The zero-order valence-corrected chi connectivity index (χ0v) is 16.4. The van der Waals surface area contributed by atoms with Crippen LogP contribution < -0.4 is 5.48 Å². The Labute approximate surface area is 151 Å². The maximum Gasteiger partial charge on any atom is 0.243 e. The SMILES string of the molecule is O=C(CCCCCCCCCCCCCCCCCI)NO. The van der Waals surface area contributed by atoms with E-state index in [1.165, 1.54) is 87.9 Å². The van der Waals surface area contributed by atoms with Crippen LogP contribution in [0.5, 0.6) is 0 Å². The first-order chi connectivity index (χ1) is 10.8. The third kappa shape index (κ3) is 18.2. The lowest BCUT2D eigenvalue weighted by Crippen LogP contribution is -2.17. The summed E-state index contributed by atoms with van der Waals surface area (Å²) in [5, 5.41) is 8.36. The first-order valence-electron chi connectivity index (χ1n) is 9.30. The summed E-state index contributed by atoms with van der Waals surface area (Å²) in [6, 6.07) is 0. The molecule has 0 saturated carbocycles. The number of halogens is 1. The topological polar surface area (TPSA) is 49.3 Å². The van der Waals surface area contributed by atoms with E-state index in [1.807, 2.05) is 0 Å². The lowest BCUT2D eigenvalue weighted by atomic mass is 10.0. The number of hydroxylamine groups is 1. The van der Waals surface area contributed by atoms with Gasteiger partial charge in [-0.25, -0.2) is 5.48 Å². The number of nitrogens with one attached hydrogen (secondary N) is 1. The van der Waals surface area contributed by atoms with E-state index >= 15 is 0 Å². The Morgan fingerprint density at radius 1 is 0.636 bits per heavy atom. The van der Waals surface area contributed by atoms with E-state index in [0.29, 0.717) is 6.42 Å². The molecule has 0 aliphatic heterocycles. The zero-order chi connectivity index (χ0) is 16.3. The number of amides is 1. The van der Waals surface area contributed by atoms with Crippen molar-refractivity contribution in [3.8, 4) is 0 Å². The second kappa shape index (κ2) is 19.2. The highest BCUT2D eigenvalue weighted by Gasteiger charge is 1.98. The van der Waals surface area contributed by atoms with Crippen LogP contribution >= 0.6 is 22.6 Å². The van der Waals surface area contributed by atoms with Crippen molar-refractivity contribution in [2.24, 2.45) is 0 Å². The summed E-state index contributed by atoms with van der Waals surface area (Å²) in [5.74, 6) is -0.259. The Hall–Kier alpha value is 0.160. The monoisotopic (exact) mass is 425 g/mol. The van der Waals surface area contributed by atoms with Crippen molar-refractivity contribution in [3.05, 3.63) is 0 Å². The molecular weight excluding hydrogens is 389 g/mol. The van der Waals surface area contributed by atoms with Crippen LogP contribution in [0.25, 0.3) is 0 Å². The Morgan fingerprint density at radius 2 is 0.955 bits per heavy atom. The van der Waals surface area contributed by atoms with Crippen LogP contribution in [0.1, 0.15) is 103 Å². The largest absolute Gasteiger partial charge is 0.289 e. The fourth-order valence-corrected chi connectivity index (χ4v) is 3.27. The van der Waals surface area contributed by atoms with E-state index in [4.69, 9.17) is 5.21 Å². The lowest BCUT2D eigenvalue weighted by Gasteiger charge is -2.03. The molecule has 0 aliphatic rings. The molecule has 3 nitrogen and oxygen atoms in total. The highest BCUT2D eigenvalue weighted by atomic mass is 127. The molecule has 0 aromatic carbocycles. The van der Waals surface area contributed by atoms with E-state index in [1.54, 1.807) is 5.48 Å². The predicted octanol–water partition coefficient (Wildman–Crippen LogP) is 6.17. The molecule has 1 amide bonds. The molecule has 2 N–H and O–H groups in total. The van der Waals surface area contributed by atoms with Gasteiger partial charge >= 0.3 is 0 Å². The number of carbonyl (C=O) groups excluding carboxylic acids is 1. The molecule has 0 aromatic heterocycles. The molecule has 0 heterocycles. The second-order valence-corrected chi connectivity index (χ2v) is 7.36. The molecule has 0 rings (SSSR count). The van der Waals surface area contributed by atoms with Crippen LogP contribution in [0.2, 0.25) is 0 Å². The Balaban J connectivity index is 2.98. The lowest BCUT2D eigenvalue weighted by molar-refractivity contribution is -0.129. The Bertz CT molecular complexity index is 237. The number of alkyl halides is 1. The van der Waals surface area contributed by atoms with Gasteiger partial charge in [-0.15, -0.1) is 0 Å². The van der Waals surface area contributed by atoms with Gasteiger partial charge in [0, 0.05) is 6.42 Å². The maximum atomic E-state index is 10.8. The average molecular weight is 425 g/mol. The highest BCUT2D eigenvalue weighted by molar-refractivity contribution is 14.1. The van der Waals surface area contributed by atoms with E-state index in [2.05, 4.69) is 22.6 Å². The number of carbonyl (C=O) groups is 1. The average Bonchev–Trinajstić information content (AvgIpc) is 2.54. The van der Waals surface area contributed by atoms with Crippen LogP contribution in [0, 0.1) is 0 Å². The fourth-order valence-electron chi connectivity index (χ4n) is 2.73. The number of hydrogen-bond acceptors (Lipinski definition) is 2. The molecule has 0 spiro atoms. The highest BCUT2D eigenvalue weighted by Crippen LogP contribution is 2.13. The summed E-state index contributed by atoms with van der Waals surface area (Å²) in [6.07, 6.45) is 20.4. The third-order valence-electron chi connectivity index (χ3n) is 4.16. The van der Waals surface area contributed by atoms with Gasteiger partial charge in [-0.1, -0.05) is 106 Å². The van der Waals surface area contributed by atoms with Crippen LogP contribution in [0.15, 0.2) is 0 Å². The Morgan fingerprint density at radius 3 is 1.27 bits per heavy atom. The van der Waals surface area contributed by atoms with Gasteiger partial charge in [0.1, 0.15) is 0 Å². The summed E-state index contributed by atoms with van der Waals surface area (Å²) in [7, 11) is 0. The summed E-state index contributed by atoms with van der Waals surface area (Å²) in [6.45, 7) is 0. The molecule has 0 radical (unpaired) electrons. The summed E-state index contributed by atoms with van der Waals surface area (Å²) in [4.78, 5) is 10.8. The van der Waals surface area contributed by atoms with Crippen molar-refractivity contribution >= 4 is 28.5 Å². The minimum Gasteiger partial charge on any atom is -0.289 e. The van der Waals surface area contributed by atoms with Gasteiger partial charge in [0.05, 0.1) is 0 Å². The molecule has 0 bridgehead atoms. The molecule has 0 aliphatic carbocycles. The molecular formula is C18H36INO2. The molecule has 0 aromatic rings. The van der Waals surface area contributed by atoms with Crippen molar-refractivity contribution in [2.75, 3.05) is 4.43 Å². The zero-order valence-electron chi connectivity index (χ0n) is 14.3. The smallest absolute Gasteiger partial charge is 0.243 e. The summed E-state index contributed by atoms with van der Waals surface area (Å²) in [5.41, 5.74) is 1.68. The molecule has 0 saturated heterocycles. The third-order valence-corrected chi connectivity index (χ3v) is 4.92. The molecule has 0 atom stereocenters. The van der Waals surface area contributed by atoms with Gasteiger partial charge in [0.2, 0.25) is 5.91 Å². The van der Waals surface area contributed by atoms with Crippen molar-refractivity contribution < 1.29 is 10.0 Å². The van der Waals surface area contributed by atoms with Gasteiger partial charge in [-0.05, 0) is 17.3 Å². The normalized spacial score (nSPS) is 10.8. The van der Waals surface area contributed by atoms with Crippen molar-refractivity contribution in [2.45, 2.75) is 103 Å². The summed E-state index contributed by atoms with van der Waals surface area (Å²) < 4.78 is 1.32. The van der Waals surface area contributed by atoms with E-state index in [-0.39, 0.29) is 5.91 Å². The van der Waals surface area contributed by atoms with Crippen LogP contribution in [0.4, 0.5) is 0 Å². The number of hydrogen-bond donors (Lipinski definition) is 2. The predicted molar refractivity (Wildman–Crippen MR) is 103 cm³/mol. The maximum absolute atomic E-state index is 10.8. The van der Waals surface area contributed by atoms with Crippen molar-refractivity contribution in [3.63, 3.8) is 0 Å². The van der Waals surface area contributed by atoms with Crippen molar-refractivity contribution in [1.29, 1.82) is 0 Å². The fraction of sp³-hybridized carbons (Fsp3) is 0.944. The minimum atomic E-state index is -0.259. The first kappa shape index (κ1) is 22.2. The van der Waals surface area contributed by atoms with Gasteiger partial charge in [0.25, 0.3) is 0 Å².